The molecule has 29 heavy (non-hydrogen) atoms. The number of nitrogens with two attached hydrogens (primary N) is 1. The van der Waals surface area contributed by atoms with Gasteiger partial charge in [-0.25, -0.2) is 4.39 Å². The van der Waals surface area contributed by atoms with Crippen LogP contribution in [-0.2, 0) is 9.09 Å². The van der Waals surface area contributed by atoms with Gasteiger partial charge in [0.05, 0.1) is 21.8 Å². The van der Waals surface area contributed by atoms with Gasteiger partial charge in [-0.3, -0.25) is 9.36 Å². The molecule has 0 fully saturated rings. The van der Waals surface area contributed by atoms with Crippen molar-refractivity contribution < 1.29 is 18.3 Å². The molecular weight excluding hydrogens is 418 g/mol. The molecule has 0 radical (unpaired) electrons. The first-order valence-corrected chi connectivity index (χ1v) is 10.4. The average Bonchev–Trinajstić information content (AvgIpc) is 3.09. The number of carbonyl (C=O) groups is 1. The molecule has 0 aliphatic rings. The van der Waals surface area contributed by atoms with Crippen molar-refractivity contribution in [2.75, 3.05) is 7.11 Å². The van der Waals surface area contributed by atoms with Crippen LogP contribution in [0.3, 0.4) is 0 Å². The zero-order valence-corrected chi connectivity index (χ0v) is 17.1. The van der Waals surface area contributed by atoms with E-state index in [4.69, 9.17) is 27.1 Å². The van der Waals surface area contributed by atoms with Gasteiger partial charge in [0.25, 0.3) is 13.3 Å². The van der Waals surface area contributed by atoms with Crippen molar-refractivity contribution in [2.24, 2.45) is 5.73 Å². The Labute approximate surface area is 171 Å². The maximum Gasteiger partial charge on any atom is 0.266 e. The molecule has 0 aliphatic heterocycles. The Balaban J connectivity index is 2.42. The fourth-order valence-electron chi connectivity index (χ4n) is 3.20. The molecule has 1 aromatic heterocycles. The third-order valence-electron chi connectivity index (χ3n) is 4.40. The quantitative estimate of drug-likeness (QED) is 0.471. The fraction of sp³-hybridized carbons (Fsp3) is 0.100. The van der Waals surface area contributed by atoms with E-state index in [0.717, 1.165) is 5.56 Å². The lowest BCUT2D eigenvalue weighted by molar-refractivity contribution is 0.0997. The van der Waals surface area contributed by atoms with E-state index >= 15 is 0 Å². The maximum atomic E-state index is 14.9. The molecule has 9 heteroatoms. The second kappa shape index (κ2) is 7.84. The molecule has 0 saturated carbocycles. The molecule has 1 atom stereocenters. The number of rotatable bonds is 5. The van der Waals surface area contributed by atoms with Crippen LogP contribution < -0.4 is 16.3 Å². The van der Waals surface area contributed by atoms with Crippen LogP contribution in [0.2, 0.25) is 5.02 Å². The van der Waals surface area contributed by atoms with Crippen LogP contribution in [0, 0.1) is 24.1 Å². The van der Waals surface area contributed by atoms with Gasteiger partial charge in [-0.05, 0) is 48.4 Å². The van der Waals surface area contributed by atoms with Gasteiger partial charge >= 0.3 is 0 Å². The van der Waals surface area contributed by atoms with Gasteiger partial charge in [0.2, 0.25) is 0 Å². The Bertz CT molecular complexity index is 1260. The van der Waals surface area contributed by atoms with Gasteiger partial charge in [-0.15, -0.1) is 0 Å². The predicted octanol–water partition coefficient (Wildman–Crippen LogP) is 3.78. The van der Waals surface area contributed by atoms with E-state index in [1.165, 1.54) is 31.4 Å². The SMILES string of the molecule is COP(=O)(c1cc(C)cc(/C=[14CH]/C#N)c1)c1c(C(N)=O)[nH]c2ccc(Cl)c(F)c12. The summed E-state index contributed by atoms with van der Waals surface area (Å²) in [5, 5.41) is 8.50. The molecular formula is C20H16ClFN3O3P. The minimum absolute atomic E-state index is 0.118. The first kappa shape index (κ1) is 20.8. The van der Waals surface area contributed by atoms with Crippen molar-refractivity contribution >= 4 is 52.5 Å². The number of primary amides is 1. The number of amides is 1. The van der Waals surface area contributed by atoms with Gasteiger partial charge in [0.15, 0.2) is 5.82 Å². The number of hydrogen-bond donors (Lipinski definition) is 2. The molecule has 1 amide bonds. The summed E-state index contributed by atoms with van der Waals surface area (Å²) in [4.78, 5) is 14.8. The number of carbonyl (C=O) groups excluding carboxylic acids is 1. The number of nitriles is 1. The predicted molar refractivity (Wildman–Crippen MR) is 111 cm³/mol. The number of allylic oxidation sites excluding steroid dienone is 1. The monoisotopic (exact) mass is 433 g/mol. The number of aryl methyl sites for hydroxylation is 1. The lowest BCUT2D eigenvalue weighted by atomic mass is 10.1. The molecule has 3 N–H and O–H groups in total. The van der Waals surface area contributed by atoms with E-state index in [9.17, 15) is 13.8 Å². The van der Waals surface area contributed by atoms with Crippen molar-refractivity contribution in [3.63, 3.8) is 0 Å². The molecule has 0 aliphatic carbocycles. The third kappa shape index (κ3) is 3.58. The van der Waals surface area contributed by atoms with Gasteiger partial charge in [-0.2, -0.15) is 5.26 Å². The molecule has 2 aromatic carbocycles. The zero-order chi connectivity index (χ0) is 21.3. The fourth-order valence-corrected chi connectivity index (χ4v) is 5.67. The summed E-state index contributed by atoms with van der Waals surface area (Å²) in [6.07, 6.45) is 2.81. The summed E-state index contributed by atoms with van der Waals surface area (Å²) in [5.41, 5.74) is 6.79. The van der Waals surface area contributed by atoms with Crippen LogP contribution in [0.1, 0.15) is 21.6 Å². The Morgan fingerprint density at radius 2 is 2.14 bits per heavy atom. The lowest BCUT2D eigenvalue weighted by Gasteiger charge is -2.19. The summed E-state index contributed by atoms with van der Waals surface area (Å²) in [6.45, 7) is 1.77. The minimum atomic E-state index is -3.97. The number of halogens is 2. The highest BCUT2D eigenvalue weighted by atomic mass is 35.5. The van der Waals surface area contributed by atoms with Gasteiger partial charge < -0.3 is 15.2 Å². The molecule has 0 spiro atoms. The van der Waals surface area contributed by atoms with Crippen LogP contribution in [0.15, 0.2) is 36.4 Å². The van der Waals surface area contributed by atoms with Crippen molar-refractivity contribution in [3.05, 3.63) is 64.1 Å². The number of aromatic amines is 1. The molecule has 6 nitrogen and oxygen atoms in total. The highest BCUT2D eigenvalue weighted by Crippen LogP contribution is 2.48. The second-order valence-corrected chi connectivity index (χ2v) is 9.13. The number of benzene rings is 2. The van der Waals surface area contributed by atoms with E-state index < -0.39 is 19.1 Å². The number of fused-ring (bicyclic) bond motifs is 1. The summed E-state index contributed by atoms with van der Waals surface area (Å²) >= 11 is 5.92. The van der Waals surface area contributed by atoms with Crippen LogP contribution in [0.5, 0.6) is 0 Å². The number of nitrogens with zero attached hydrogens (tertiary/aromatic N) is 1. The molecule has 148 valence electrons. The Morgan fingerprint density at radius 3 is 2.76 bits per heavy atom. The molecule has 1 heterocycles. The topological polar surface area (TPSA) is 109 Å². The minimum Gasteiger partial charge on any atom is -0.364 e. The van der Waals surface area contributed by atoms with Crippen LogP contribution >= 0.6 is 19.0 Å². The zero-order valence-electron chi connectivity index (χ0n) is 15.5. The average molecular weight is 434 g/mol. The largest absolute Gasteiger partial charge is 0.364 e. The standard InChI is InChI=1S/C20H16ClFN3O3P/c1-11-8-12(4-3-7-23)10-13(9-11)29(27,28-2)19-16-15(25-18(19)20(24)26)6-5-14(21)17(16)22/h3-6,8-10,25H,1-2H3,(H2,24,26)/b4-3+/i3+2. The van der Waals surface area contributed by atoms with Crippen LogP contribution in [0.4, 0.5) is 4.39 Å². The lowest BCUT2D eigenvalue weighted by Crippen LogP contribution is -2.26. The second-order valence-electron chi connectivity index (χ2n) is 6.30. The number of aromatic nitrogens is 1. The van der Waals surface area contributed by atoms with E-state index in [0.29, 0.717) is 5.56 Å². The van der Waals surface area contributed by atoms with Crippen molar-refractivity contribution in [1.29, 1.82) is 5.26 Å². The van der Waals surface area contributed by atoms with E-state index in [1.54, 1.807) is 25.1 Å². The van der Waals surface area contributed by atoms with Crippen LogP contribution in [-0.4, -0.2) is 18.0 Å². The molecule has 0 bridgehead atoms. The molecule has 3 aromatic rings. The van der Waals surface area contributed by atoms with E-state index in [-0.39, 0.29) is 32.2 Å². The molecule has 3 rings (SSSR count). The first-order valence-electron chi connectivity index (χ1n) is 8.37. The smallest absolute Gasteiger partial charge is 0.266 e. The van der Waals surface area contributed by atoms with E-state index in [1.807, 2.05) is 6.07 Å². The highest BCUT2D eigenvalue weighted by Gasteiger charge is 2.37. The highest BCUT2D eigenvalue weighted by molar-refractivity contribution is 7.75. The molecule has 0 saturated heterocycles. The van der Waals surface area contributed by atoms with Gasteiger partial charge in [0.1, 0.15) is 5.69 Å². The van der Waals surface area contributed by atoms with Crippen LogP contribution in [0.25, 0.3) is 17.0 Å². The normalized spacial score (nSPS) is 13.5. The van der Waals surface area contributed by atoms with Gasteiger partial charge in [0, 0.05) is 24.0 Å². The van der Waals surface area contributed by atoms with Crippen molar-refractivity contribution in [3.8, 4) is 6.07 Å². The third-order valence-corrected chi connectivity index (χ3v) is 7.18. The summed E-state index contributed by atoms with van der Waals surface area (Å²) in [5.74, 6) is -1.75. The summed E-state index contributed by atoms with van der Waals surface area (Å²) in [6, 6.07) is 9.61. The number of hydrogen-bond acceptors (Lipinski definition) is 4. The van der Waals surface area contributed by atoms with Gasteiger partial charge in [-0.1, -0.05) is 17.7 Å². The van der Waals surface area contributed by atoms with Crippen molar-refractivity contribution in [1.82, 2.24) is 4.98 Å². The summed E-state index contributed by atoms with van der Waals surface area (Å²) < 4.78 is 34.4. The Hall–Kier alpha value is -2.91. The molecule has 1 unspecified atom stereocenters. The van der Waals surface area contributed by atoms with E-state index in [2.05, 4.69) is 4.98 Å². The first-order chi connectivity index (χ1) is 13.7. The maximum absolute atomic E-state index is 14.9. The number of nitrogens with one attached hydrogen (secondary N) is 1. The Morgan fingerprint density at radius 1 is 1.41 bits per heavy atom. The summed E-state index contributed by atoms with van der Waals surface area (Å²) in [7, 11) is -2.77. The van der Waals surface area contributed by atoms with Crippen molar-refractivity contribution in [2.45, 2.75) is 6.92 Å². The Kier molecular flexibility index (Phi) is 5.63. The number of H-pyrrole nitrogens is 1.